The maximum atomic E-state index is 9.41. The average molecular weight is 219 g/mol. The third kappa shape index (κ3) is 1.87. The van der Waals surface area contributed by atoms with Crippen LogP contribution in [0, 0.1) is 10.8 Å². The number of nitrogens with two attached hydrogens (primary N) is 1. The Hall–Kier alpha value is -0.860. The highest BCUT2D eigenvalue weighted by Gasteiger charge is 2.62. The Labute approximate surface area is 97.5 Å². The van der Waals surface area contributed by atoms with Crippen LogP contribution in [0.15, 0.2) is 30.3 Å². The highest BCUT2D eigenvalue weighted by atomic mass is 16.3. The molecule has 1 fully saturated rings. The lowest BCUT2D eigenvalue weighted by molar-refractivity contribution is 0.177. The van der Waals surface area contributed by atoms with E-state index in [4.69, 9.17) is 5.73 Å². The summed E-state index contributed by atoms with van der Waals surface area (Å²) >= 11 is 0. The molecular formula is C14H21NO. The smallest absolute Gasteiger partial charge is 0.0504 e. The fraction of sp³-hybridized carbons (Fsp3) is 0.571. The molecule has 0 bridgehead atoms. The Morgan fingerprint density at radius 1 is 1.31 bits per heavy atom. The Bertz CT molecular complexity index is 345. The number of aliphatic hydroxyl groups is 1. The molecule has 0 heterocycles. The topological polar surface area (TPSA) is 46.2 Å². The maximum Gasteiger partial charge on any atom is 0.0504 e. The van der Waals surface area contributed by atoms with Crippen LogP contribution < -0.4 is 5.73 Å². The molecule has 1 aliphatic rings. The second kappa shape index (κ2) is 4.19. The fourth-order valence-electron chi connectivity index (χ4n) is 2.75. The van der Waals surface area contributed by atoms with Crippen LogP contribution in [-0.4, -0.2) is 18.3 Å². The van der Waals surface area contributed by atoms with Gasteiger partial charge in [-0.15, -0.1) is 0 Å². The lowest BCUT2D eigenvalue weighted by Gasteiger charge is -2.19. The molecule has 3 N–H and O–H groups in total. The first kappa shape index (κ1) is 11.6. The summed E-state index contributed by atoms with van der Waals surface area (Å²) in [5, 5.41) is 9.41. The van der Waals surface area contributed by atoms with Crippen molar-refractivity contribution in [3.63, 3.8) is 0 Å². The van der Waals surface area contributed by atoms with Gasteiger partial charge in [0.15, 0.2) is 0 Å². The third-order valence-electron chi connectivity index (χ3n) is 4.39. The predicted molar refractivity (Wildman–Crippen MR) is 66.1 cm³/mol. The molecule has 2 heteroatoms. The number of aliphatic hydroxyl groups excluding tert-OH is 1. The highest BCUT2D eigenvalue weighted by Crippen LogP contribution is 2.65. The minimum Gasteiger partial charge on any atom is -0.396 e. The summed E-state index contributed by atoms with van der Waals surface area (Å²) in [5.74, 6) is 0. The van der Waals surface area contributed by atoms with Crippen molar-refractivity contribution in [3.8, 4) is 0 Å². The molecule has 1 saturated carbocycles. The van der Waals surface area contributed by atoms with Crippen molar-refractivity contribution in [2.75, 3.05) is 13.2 Å². The minimum atomic E-state index is 0.00177. The van der Waals surface area contributed by atoms with E-state index in [1.54, 1.807) is 0 Å². The van der Waals surface area contributed by atoms with Crippen molar-refractivity contribution in [1.29, 1.82) is 0 Å². The molecule has 2 unspecified atom stereocenters. The van der Waals surface area contributed by atoms with Gasteiger partial charge in [-0.1, -0.05) is 37.3 Å². The van der Waals surface area contributed by atoms with Gasteiger partial charge in [0.05, 0.1) is 6.61 Å². The van der Waals surface area contributed by atoms with Crippen LogP contribution in [0.4, 0.5) is 0 Å². The van der Waals surface area contributed by atoms with Crippen LogP contribution in [0.5, 0.6) is 0 Å². The van der Waals surface area contributed by atoms with Crippen LogP contribution in [0.3, 0.4) is 0 Å². The highest BCUT2D eigenvalue weighted by molar-refractivity contribution is 5.18. The molecule has 0 amide bonds. The van der Waals surface area contributed by atoms with Gasteiger partial charge < -0.3 is 10.8 Å². The Balaban J connectivity index is 1.93. The van der Waals surface area contributed by atoms with E-state index >= 15 is 0 Å². The summed E-state index contributed by atoms with van der Waals surface area (Å²) in [5.41, 5.74) is 7.38. The lowest BCUT2D eigenvalue weighted by Crippen LogP contribution is -2.26. The molecule has 0 aliphatic heterocycles. The Kier molecular flexibility index (Phi) is 3.04. The van der Waals surface area contributed by atoms with E-state index in [2.05, 4.69) is 31.2 Å². The first-order valence-corrected chi connectivity index (χ1v) is 6.01. The SMILES string of the molecule is CC1(CCc2ccccc2)CC1(CN)CO. The fourth-order valence-corrected chi connectivity index (χ4v) is 2.75. The van der Waals surface area contributed by atoms with Gasteiger partial charge in [0.25, 0.3) is 0 Å². The van der Waals surface area contributed by atoms with E-state index in [1.807, 2.05) is 6.07 Å². The quantitative estimate of drug-likeness (QED) is 0.795. The van der Waals surface area contributed by atoms with E-state index < -0.39 is 0 Å². The molecule has 1 aromatic rings. The monoisotopic (exact) mass is 219 g/mol. The molecule has 2 atom stereocenters. The van der Waals surface area contributed by atoms with Gasteiger partial charge in [-0.2, -0.15) is 0 Å². The van der Waals surface area contributed by atoms with Gasteiger partial charge in [0, 0.05) is 12.0 Å². The third-order valence-corrected chi connectivity index (χ3v) is 4.39. The van der Waals surface area contributed by atoms with Crippen LogP contribution in [0.25, 0.3) is 0 Å². The molecule has 0 aromatic heterocycles. The molecule has 0 saturated heterocycles. The Morgan fingerprint density at radius 3 is 2.50 bits per heavy atom. The second-order valence-corrected chi connectivity index (χ2v) is 5.37. The van der Waals surface area contributed by atoms with E-state index in [1.165, 1.54) is 5.56 Å². The van der Waals surface area contributed by atoms with Gasteiger partial charge in [-0.05, 0) is 30.2 Å². The molecule has 2 nitrogen and oxygen atoms in total. The van der Waals surface area contributed by atoms with Gasteiger partial charge in [-0.25, -0.2) is 0 Å². The second-order valence-electron chi connectivity index (χ2n) is 5.37. The predicted octanol–water partition coefficient (Wildman–Crippen LogP) is 1.97. The van der Waals surface area contributed by atoms with Crippen molar-refractivity contribution >= 4 is 0 Å². The summed E-state index contributed by atoms with van der Waals surface area (Å²) in [7, 11) is 0. The largest absolute Gasteiger partial charge is 0.396 e. The van der Waals surface area contributed by atoms with Gasteiger partial charge >= 0.3 is 0 Å². The molecule has 0 radical (unpaired) electrons. The normalized spacial score (nSPS) is 32.7. The van der Waals surface area contributed by atoms with E-state index in [0.717, 1.165) is 19.3 Å². The summed E-state index contributed by atoms with van der Waals surface area (Å²) in [6, 6.07) is 10.5. The first-order valence-electron chi connectivity index (χ1n) is 6.01. The average Bonchev–Trinajstić information content (AvgIpc) is 2.95. The summed E-state index contributed by atoms with van der Waals surface area (Å²) in [6.07, 6.45) is 3.27. The van der Waals surface area contributed by atoms with Crippen molar-refractivity contribution < 1.29 is 5.11 Å². The lowest BCUT2D eigenvalue weighted by atomic mass is 9.89. The standard InChI is InChI=1S/C14H21NO/c1-13(9-14(13,10-15)11-16)8-7-12-5-3-2-4-6-12/h2-6,16H,7-11,15H2,1H3. The number of hydrogen-bond donors (Lipinski definition) is 2. The molecule has 1 aliphatic carbocycles. The number of aryl methyl sites for hydroxylation is 1. The summed E-state index contributed by atoms with van der Waals surface area (Å²) in [4.78, 5) is 0. The van der Waals surface area contributed by atoms with Crippen molar-refractivity contribution in [2.24, 2.45) is 16.6 Å². The van der Waals surface area contributed by atoms with Gasteiger partial charge in [-0.3, -0.25) is 0 Å². The van der Waals surface area contributed by atoms with E-state index in [0.29, 0.717) is 6.54 Å². The summed E-state index contributed by atoms with van der Waals surface area (Å²) in [6.45, 7) is 3.09. The van der Waals surface area contributed by atoms with E-state index in [9.17, 15) is 5.11 Å². The van der Waals surface area contributed by atoms with Crippen molar-refractivity contribution in [2.45, 2.75) is 26.2 Å². The molecule has 16 heavy (non-hydrogen) atoms. The molecular weight excluding hydrogens is 198 g/mol. The zero-order chi connectivity index (χ0) is 11.6. The van der Waals surface area contributed by atoms with Crippen LogP contribution in [0.1, 0.15) is 25.3 Å². The van der Waals surface area contributed by atoms with Crippen LogP contribution in [-0.2, 0) is 6.42 Å². The summed E-state index contributed by atoms with van der Waals surface area (Å²) < 4.78 is 0. The number of rotatable bonds is 5. The van der Waals surface area contributed by atoms with E-state index in [-0.39, 0.29) is 17.4 Å². The maximum absolute atomic E-state index is 9.41. The van der Waals surface area contributed by atoms with Crippen LogP contribution in [0.2, 0.25) is 0 Å². The van der Waals surface area contributed by atoms with Gasteiger partial charge in [0.2, 0.25) is 0 Å². The first-order chi connectivity index (χ1) is 7.66. The zero-order valence-electron chi connectivity index (χ0n) is 9.95. The van der Waals surface area contributed by atoms with Crippen molar-refractivity contribution in [1.82, 2.24) is 0 Å². The minimum absolute atomic E-state index is 0.00177. The number of benzene rings is 1. The molecule has 0 spiro atoms. The van der Waals surface area contributed by atoms with Crippen molar-refractivity contribution in [3.05, 3.63) is 35.9 Å². The zero-order valence-corrected chi connectivity index (χ0v) is 9.95. The van der Waals surface area contributed by atoms with Gasteiger partial charge in [0.1, 0.15) is 0 Å². The molecule has 2 rings (SSSR count). The van der Waals surface area contributed by atoms with Crippen LogP contribution >= 0.6 is 0 Å². The number of hydrogen-bond acceptors (Lipinski definition) is 2. The Morgan fingerprint density at radius 2 is 2.00 bits per heavy atom. The molecule has 88 valence electrons. The molecule has 1 aromatic carbocycles.